The molecule has 0 saturated carbocycles. The maximum absolute atomic E-state index is 12.6. The second-order valence-corrected chi connectivity index (χ2v) is 8.52. The van der Waals surface area contributed by atoms with E-state index >= 15 is 0 Å². The van der Waals surface area contributed by atoms with Crippen LogP contribution >= 0.6 is 27.7 Å². The van der Waals surface area contributed by atoms with Gasteiger partial charge < -0.3 is 9.47 Å². The zero-order valence-corrected chi connectivity index (χ0v) is 18.9. The molecule has 1 saturated heterocycles. The average Bonchev–Trinajstić information content (AvgIpc) is 2.97. The minimum atomic E-state index is -0.274. The monoisotopic (exact) mass is 475 g/mol. The van der Waals surface area contributed by atoms with Gasteiger partial charge >= 0.3 is 0 Å². The Morgan fingerprint density at radius 1 is 1.10 bits per heavy atom. The van der Waals surface area contributed by atoms with Crippen molar-refractivity contribution in [3.8, 4) is 11.5 Å². The number of carbonyl (C=O) groups is 2. The summed E-state index contributed by atoms with van der Waals surface area (Å²) >= 11 is 4.50. The number of hydrogen-bond donors (Lipinski definition) is 0. The molecule has 5 nitrogen and oxygen atoms in total. The molecular formula is C22H22BrNO4S. The molecule has 2 amide bonds. The molecule has 1 aliphatic heterocycles. The highest BCUT2D eigenvalue weighted by molar-refractivity contribution is 9.10. The zero-order chi connectivity index (χ0) is 21.0. The number of halogens is 1. The topological polar surface area (TPSA) is 55.8 Å². The molecular weight excluding hydrogens is 454 g/mol. The standard InChI is InChI=1S/C22H22BrNO4S/c1-4-27-18-10-16(11-20-21(25)24(14(2)3)22(26)29-20)17(23)12-19(18)28-13-15-8-6-5-7-9-15/h5-12,14H,4,13H2,1-3H3/b20-11-. The Morgan fingerprint density at radius 3 is 2.41 bits per heavy atom. The van der Waals surface area contributed by atoms with Crippen molar-refractivity contribution >= 4 is 44.9 Å². The van der Waals surface area contributed by atoms with E-state index in [0.29, 0.717) is 29.6 Å². The molecule has 7 heteroatoms. The summed E-state index contributed by atoms with van der Waals surface area (Å²) in [7, 11) is 0. The molecule has 0 N–H and O–H groups in total. The van der Waals surface area contributed by atoms with Crippen molar-refractivity contribution in [1.82, 2.24) is 4.90 Å². The summed E-state index contributed by atoms with van der Waals surface area (Å²) in [5.74, 6) is 0.917. The van der Waals surface area contributed by atoms with Crippen LogP contribution in [0.1, 0.15) is 31.9 Å². The van der Waals surface area contributed by atoms with E-state index in [4.69, 9.17) is 9.47 Å². The predicted octanol–water partition coefficient (Wildman–Crippen LogP) is 5.87. The van der Waals surface area contributed by atoms with Gasteiger partial charge in [-0.15, -0.1) is 0 Å². The van der Waals surface area contributed by atoms with Gasteiger partial charge in [0.2, 0.25) is 0 Å². The van der Waals surface area contributed by atoms with Crippen molar-refractivity contribution < 1.29 is 19.1 Å². The molecule has 0 aromatic heterocycles. The van der Waals surface area contributed by atoms with Gasteiger partial charge in [0.05, 0.1) is 11.5 Å². The molecule has 0 spiro atoms. The Balaban J connectivity index is 1.88. The summed E-state index contributed by atoms with van der Waals surface area (Å²) in [6, 6.07) is 13.3. The Labute approximate surface area is 183 Å². The smallest absolute Gasteiger partial charge is 0.293 e. The van der Waals surface area contributed by atoms with Gasteiger partial charge in [0.1, 0.15) is 6.61 Å². The second-order valence-electron chi connectivity index (χ2n) is 6.67. The zero-order valence-electron chi connectivity index (χ0n) is 16.5. The number of nitrogens with zero attached hydrogens (tertiary/aromatic N) is 1. The maximum Gasteiger partial charge on any atom is 0.293 e. The molecule has 0 bridgehead atoms. The number of carbonyl (C=O) groups excluding carboxylic acids is 2. The summed E-state index contributed by atoms with van der Waals surface area (Å²) < 4.78 is 12.5. The van der Waals surface area contributed by atoms with Crippen molar-refractivity contribution in [2.45, 2.75) is 33.4 Å². The van der Waals surface area contributed by atoms with Crippen LogP contribution in [0.15, 0.2) is 51.8 Å². The van der Waals surface area contributed by atoms with E-state index in [9.17, 15) is 9.59 Å². The Kier molecular flexibility index (Phi) is 7.03. The highest BCUT2D eigenvalue weighted by Crippen LogP contribution is 2.38. The van der Waals surface area contributed by atoms with Crippen LogP contribution in [0.25, 0.3) is 6.08 Å². The van der Waals surface area contributed by atoms with E-state index in [1.807, 2.05) is 63.2 Å². The van der Waals surface area contributed by atoms with E-state index < -0.39 is 0 Å². The SMILES string of the molecule is CCOc1cc(/C=C2\SC(=O)N(C(C)C)C2=O)c(Br)cc1OCc1ccccc1. The first-order chi connectivity index (χ1) is 13.9. The van der Waals surface area contributed by atoms with Crippen LogP contribution in [0.5, 0.6) is 11.5 Å². The van der Waals surface area contributed by atoms with Crippen LogP contribution < -0.4 is 9.47 Å². The van der Waals surface area contributed by atoms with Crippen LogP contribution in [0, 0.1) is 0 Å². The summed E-state index contributed by atoms with van der Waals surface area (Å²) in [6.45, 7) is 6.44. The van der Waals surface area contributed by atoms with Gasteiger partial charge in [-0.25, -0.2) is 0 Å². The van der Waals surface area contributed by atoms with Crippen LogP contribution in [0.3, 0.4) is 0 Å². The molecule has 1 heterocycles. The van der Waals surface area contributed by atoms with Crippen LogP contribution in [0.2, 0.25) is 0 Å². The van der Waals surface area contributed by atoms with Crippen molar-refractivity contribution in [3.05, 3.63) is 63.0 Å². The summed E-state index contributed by atoms with van der Waals surface area (Å²) in [5.41, 5.74) is 1.80. The normalized spacial score (nSPS) is 15.5. The van der Waals surface area contributed by atoms with Gasteiger partial charge in [-0.3, -0.25) is 14.5 Å². The van der Waals surface area contributed by atoms with E-state index in [0.717, 1.165) is 27.4 Å². The van der Waals surface area contributed by atoms with Gasteiger partial charge in [0.25, 0.3) is 11.1 Å². The number of ether oxygens (including phenoxy) is 2. The molecule has 0 radical (unpaired) electrons. The third-order valence-electron chi connectivity index (χ3n) is 4.23. The number of rotatable bonds is 7. The Hall–Kier alpha value is -2.25. The lowest BCUT2D eigenvalue weighted by Gasteiger charge is -2.16. The number of benzene rings is 2. The van der Waals surface area contributed by atoms with Gasteiger partial charge in [-0.1, -0.05) is 46.3 Å². The highest BCUT2D eigenvalue weighted by Gasteiger charge is 2.36. The summed E-state index contributed by atoms with van der Waals surface area (Å²) in [5, 5.41) is -0.250. The van der Waals surface area contributed by atoms with Gasteiger partial charge in [-0.05, 0) is 61.9 Å². The minimum absolute atomic E-state index is 0.176. The van der Waals surface area contributed by atoms with Crippen molar-refractivity contribution in [2.75, 3.05) is 6.61 Å². The number of amides is 2. The second kappa shape index (κ2) is 9.50. The van der Waals surface area contributed by atoms with E-state index in [-0.39, 0.29) is 17.2 Å². The van der Waals surface area contributed by atoms with Crippen LogP contribution in [-0.2, 0) is 11.4 Å². The largest absolute Gasteiger partial charge is 0.490 e. The van der Waals surface area contributed by atoms with Crippen molar-refractivity contribution in [3.63, 3.8) is 0 Å². The van der Waals surface area contributed by atoms with Crippen LogP contribution in [-0.4, -0.2) is 28.7 Å². The molecule has 1 fully saturated rings. The number of thioether (sulfide) groups is 1. The van der Waals surface area contributed by atoms with Crippen molar-refractivity contribution in [2.24, 2.45) is 0 Å². The molecule has 2 aromatic rings. The first kappa shape index (κ1) is 21.5. The highest BCUT2D eigenvalue weighted by atomic mass is 79.9. The molecule has 29 heavy (non-hydrogen) atoms. The van der Waals surface area contributed by atoms with E-state index in [1.165, 1.54) is 4.90 Å². The van der Waals surface area contributed by atoms with Gasteiger partial charge in [-0.2, -0.15) is 0 Å². The molecule has 1 aliphatic rings. The lowest BCUT2D eigenvalue weighted by molar-refractivity contribution is -0.123. The number of imide groups is 1. The molecule has 0 aliphatic carbocycles. The quantitative estimate of drug-likeness (QED) is 0.468. The van der Waals surface area contributed by atoms with E-state index in [1.54, 1.807) is 6.08 Å². The lowest BCUT2D eigenvalue weighted by Crippen LogP contribution is -2.34. The third-order valence-corrected chi connectivity index (χ3v) is 5.80. The molecule has 3 rings (SSSR count). The average molecular weight is 476 g/mol. The lowest BCUT2D eigenvalue weighted by atomic mass is 10.1. The molecule has 0 atom stereocenters. The first-order valence-corrected chi connectivity index (χ1v) is 10.9. The van der Waals surface area contributed by atoms with Crippen LogP contribution in [0.4, 0.5) is 4.79 Å². The van der Waals surface area contributed by atoms with Gasteiger partial charge in [0.15, 0.2) is 11.5 Å². The third kappa shape index (κ3) is 5.03. The fourth-order valence-corrected chi connectivity index (χ4v) is 4.23. The van der Waals surface area contributed by atoms with E-state index in [2.05, 4.69) is 15.9 Å². The minimum Gasteiger partial charge on any atom is -0.490 e. The fraction of sp³-hybridized carbons (Fsp3) is 0.273. The first-order valence-electron chi connectivity index (χ1n) is 9.30. The van der Waals surface area contributed by atoms with Crippen molar-refractivity contribution in [1.29, 1.82) is 0 Å². The Morgan fingerprint density at radius 2 is 1.79 bits per heavy atom. The number of hydrogen-bond acceptors (Lipinski definition) is 5. The Bertz CT molecular complexity index is 943. The molecule has 2 aromatic carbocycles. The summed E-state index contributed by atoms with van der Waals surface area (Å²) in [6.07, 6.45) is 1.71. The fourth-order valence-electron chi connectivity index (χ4n) is 2.84. The summed E-state index contributed by atoms with van der Waals surface area (Å²) in [4.78, 5) is 26.3. The molecule has 152 valence electrons. The molecule has 0 unspecified atom stereocenters. The predicted molar refractivity (Wildman–Crippen MR) is 119 cm³/mol. The maximum atomic E-state index is 12.6. The van der Waals surface area contributed by atoms with Gasteiger partial charge in [0, 0.05) is 10.5 Å².